The summed E-state index contributed by atoms with van der Waals surface area (Å²) in [6, 6.07) is 6.03. The molecule has 23 heavy (non-hydrogen) atoms. The van der Waals surface area contributed by atoms with Gasteiger partial charge in [0.15, 0.2) is 0 Å². The summed E-state index contributed by atoms with van der Waals surface area (Å²) >= 11 is 0. The van der Waals surface area contributed by atoms with Gasteiger partial charge in [0, 0.05) is 5.56 Å². The smallest absolute Gasteiger partial charge is 0.462 e. The van der Waals surface area contributed by atoms with E-state index in [9.17, 15) is 22.8 Å². The number of carbonyl (C=O) groups excluding carboxylic acids is 1. The summed E-state index contributed by atoms with van der Waals surface area (Å²) in [5.74, 6) is -1.20. The SMILES string of the molecule is CCOC(=O)c1cc(-c2ccc(OC(F)(F)F)cc2)n[nH]c1=O. The van der Waals surface area contributed by atoms with Gasteiger partial charge in [-0.1, -0.05) is 0 Å². The average Bonchev–Trinajstić information content (AvgIpc) is 2.47. The molecule has 0 atom stereocenters. The number of ether oxygens (including phenoxy) is 2. The molecule has 1 heterocycles. The number of alkyl halides is 3. The second-order valence-corrected chi connectivity index (χ2v) is 4.29. The zero-order valence-corrected chi connectivity index (χ0v) is 11.8. The summed E-state index contributed by atoms with van der Waals surface area (Å²) in [6.45, 7) is 1.69. The highest BCUT2D eigenvalue weighted by molar-refractivity contribution is 5.90. The first kappa shape index (κ1) is 16.5. The number of aromatic nitrogens is 2. The van der Waals surface area contributed by atoms with Gasteiger partial charge in [-0.25, -0.2) is 9.89 Å². The maximum absolute atomic E-state index is 12.1. The monoisotopic (exact) mass is 328 g/mol. The Morgan fingerprint density at radius 1 is 1.26 bits per heavy atom. The highest BCUT2D eigenvalue weighted by atomic mass is 19.4. The number of carbonyl (C=O) groups is 1. The van der Waals surface area contributed by atoms with Crippen LogP contribution in [0.4, 0.5) is 13.2 Å². The first-order valence-corrected chi connectivity index (χ1v) is 6.43. The van der Waals surface area contributed by atoms with Crippen LogP contribution in [-0.4, -0.2) is 29.1 Å². The van der Waals surface area contributed by atoms with Crippen LogP contribution >= 0.6 is 0 Å². The molecule has 0 radical (unpaired) electrons. The molecule has 1 N–H and O–H groups in total. The number of benzene rings is 1. The molecule has 0 aliphatic rings. The van der Waals surface area contributed by atoms with Gasteiger partial charge in [0.25, 0.3) is 5.56 Å². The van der Waals surface area contributed by atoms with Gasteiger partial charge in [0.1, 0.15) is 11.3 Å². The molecule has 2 aromatic rings. The Morgan fingerprint density at radius 3 is 2.48 bits per heavy atom. The molecule has 0 saturated carbocycles. The summed E-state index contributed by atoms with van der Waals surface area (Å²) in [4.78, 5) is 23.2. The summed E-state index contributed by atoms with van der Waals surface area (Å²) in [5, 5.41) is 5.89. The molecular weight excluding hydrogens is 317 g/mol. The minimum absolute atomic E-state index is 0.0966. The van der Waals surface area contributed by atoms with Crippen LogP contribution < -0.4 is 10.3 Å². The third-order valence-corrected chi connectivity index (χ3v) is 2.68. The second kappa shape index (κ2) is 6.51. The molecule has 9 heteroatoms. The highest BCUT2D eigenvalue weighted by Gasteiger charge is 2.31. The number of aromatic amines is 1. The molecule has 1 aromatic heterocycles. The zero-order valence-electron chi connectivity index (χ0n) is 11.8. The van der Waals surface area contributed by atoms with Crippen molar-refractivity contribution in [2.45, 2.75) is 13.3 Å². The van der Waals surface area contributed by atoms with Gasteiger partial charge in [-0.2, -0.15) is 5.10 Å². The molecule has 122 valence electrons. The fourth-order valence-corrected chi connectivity index (χ4v) is 1.74. The number of esters is 1. The summed E-state index contributed by atoms with van der Waals surface area (Å²) < 4.78 is 44.8. The van der Waals surface area contributed by atoms with E-state index in [-0.39, 0.29) is 17.9 Å². The third-order valence-electron chi connectivity index (χ3n) is 2.68. The highest BCUT2D eigenvalue weighted by Crippen LogP contribution is 2.25. The Hall–Kier alpha value is -2.84. The topological polar surface area (TPSA) is 81.3 Å². The van der Waals surface area contributed by atoms with E-state index in [1.165, 1.54) is 18.2 Å². The number of nitrogens with one attached hydrogen (secondary N) is 1. The molecule has 0 aliphatic heterocycles. The minimum Gasteiger partial charge on any atom is -0.462 e. The zero-order chi connectivity index (χ0) is 17.0. The van der Waals surface area contributed by atoms with Crippen LogP contribution in [0.3, 0.4) is 0 Å². The summed E-state index contributed by atoms with van der Waals surface area (Å²) in [5.41, 5.74) is -0.371. The Balaban J connectivity index is 2.30. The van der Waals surface area contributed by atoms with Gasteiger partial charge >= 0.3 is 12.3 Å². The number of halogens is 3. The van der Waals surface area contributed by atoms with Crippen molar-refractivity contribution in [2.24, 2.45) is 0 Å². The largest absolute Gasteiger partial charge is 0.573 e. The number of hydrogen-bond acceptors (Lipinski definition) is 5. The predicted octanol–water partition coefficient (Wildman–Crippen LogP) is 2.51. The molecular formula is C14H11F3N2O4. The molecule has 0 fully saturated rings. The molecule has 1 aromatic carbocycles. The van der Waals surface area contributed by atoms with E-state index >= 15 is 0 Å². The fraction of sp³-hybridized carbons (Fsp3) is 0.214. The van der Waals surface area contributed by atoms with Crippen LogP contribution in [0.25, 0.3) is 11.3 Å². The lowest BCUT2D eigenvalue weighted by Crippen LogP contribution is -2.21. The molecule has 0 bridgehead atoms. The molecule has 2 rings (SSSR count). The van der Waals surface area contributed by atoms with Crippen molar-refractivity contribution in [1.82, 2.24) is 10.2 Å². The van der Waals surface area contributed by atoms with E-state index in [2.05, 4.69) is 14.9 Å². The lowest BCUT2D eigenvalue weighted by Gasteiger charge is -2.09. The number of hydrogen-bond donors (Lipinski definition) is 1. The summed E-state index contributed by atoms with van der Waals surface area (Å²) in [6.07, 6.45) is -4.78. The first-order chi connectivity index (χ1) is 10.8. The van der Waals surface area contributed by atoms with Crippen LogP contribution in [0.15, 0.2) is 35.1 Å². The van der Waals surface area contributed by atoms with Crippen LogP contribution in [-0.2, 0) is 4.74 Å². The van der Waals surface area contributed by atoms with E-state index in [0.29, 0.717) is 5.56 Å². The van der Waals surface area contributed by atoms with Crippen molar-refractivity contribution < 1.29 is 27.4 Å². The van der Waals surface area contributed by atoms with E-state index < -0.39 is 23.6 Å². The normalized spacial score (nSPS) is 11.1. The average molecular weight is 328 g/mol. The molecule has 0 aliphatic carbocycles. The Bertz CT molecular complexity index is 754. The molecule has 6 nitrogen and oxygen atoms in total. The van der Waals surface area contributed by atoms with Crippen molar-refractivity contribution in [3.8, 4) is 17.0 Å². The van der Waals surface area contributed by atoms with Gasteiger partial charge in [0.2, 0.25) is 0 Å². The van der Waals surface area contributed by atoms with E-state index in [4.69, 9.17) is 4.74 Å². The van der Waals surface area contributed by atoms with Crippen molar-refractivity contribution in [1.29, 1.82) is 0 Å². The van der Waals surface area contributed by atoms with Crippen LogP contribution in [0.2, 0.25) is 0 Å². The van der Waals surface area contributed by atoms with Gasteiger partial charge in [0.05, 0.1) is 12.3 Å². The van der Waals surface area contributed by atoms with Crippen molar-refractivity contribution >= 4 is 5.97 Å². The first-order valence-electron chi connectivity index (χ1n) is 6.43. The molecule has 0 spiro atoms. The quantitative estimate of drug-likeness (QED) is 0.872. The van der Waals surface area contributed by atoms with Crippen LogP contribution in [0.5, 0.6) is 5.75 Å². The van der Waals surface area contributed by atoms with Crippen LogP contribution in [0, 0.1) is 0 Å². The van der Waals surface area contributed by atoms with E-state index in [0.717, 1.165) is 12.1 Å². The molecule has 0 amide bonds. The van der Waals surface area contributed by atoms with Gasteiger partial charge in [-0.05, 0) is 37.3 Å². The van der Waals surface area contributed by atoms with Crippen molar-refractivity contribution in [3.63, 3.8) is 0 Å². The molecule has 0 unspecified atom stereocenters. The number of H-pyrrole nitrogens is 1. The number of rotatable bonds is 4. The second-order valence-electron chi connectivity index (χ2n) is 4.29. The summed E-state index contributed by atoms with van der Waals surface area (Å²) in [7, 11) is 0. The lowest BCUT2D eigenvalue weighted by molar-refractivity contribution is -0.274. The van der Waals surface area contributed by atoms with Gasteiger partial charge in [-0.15, -0.1) is 13.2 Å². The Morgan fingerprint density at radius 2 is 1.91 bits per heavy atom. The Labute approximate surface area is 127 Å². The fourth-order valence-electron chi connectivity index (χ4n) is 1.74. The van der Waals surface area contributed by atoms with Crippen molar-refractivity contribution in [3.05, 3.63) is 46.2 Å². The lowest BCUT2D eigenvalue weighted by atomic mass is 10.1. The van der Waals surface area contributed by atoms with E-state index in [1.807, 2.05) is 0 Å². The minimum atomic E-state index is -4.78. The maximum Gasteiger partial charge on any atom is 0.573 e. The standard InChI is InChI=1S/C14H11F3N2O4/c1-2-22-13(21)10-7-11(18-19-12(10)20)8-3-5-9(6-4-8)23-14(15,16)17/h3-7H,2H2,1H3,(H,19,20). The van der Waals surface area contributed by atoms with E-state index in [1.54, 1.807) is 6.92 Å². The van der Waals surface area contributed by atoms with Crippen molar-refractivity contribution in [2.75, 3.05) is 6.61 Å². The van der Waals surface area contributed by atoms with Crippen LogP contribution in [0.1, 0.15) is 17.3 Å². The van der Waals surface area contributed by atoms with Gasteiger partial charge in [-0.3, -0.25) is 4.79 Å². The van der Waals surface area contributed by atoms with Gasteiger partial charge < -0.3 is 9.47 Å². The Kier molecular flexibility index (Phi) is 4.68. The third kappa shape index (κ3) is 4.31. The maximum atomic E-state index is 12.1. The number of nitrogens with zero attached hydrogens (tertiary/aromatic N) is 1. The molecule has 0 saturated heterocycles. The predicted molar refractivity (Wildman–Crippen MR) is 72.9 cm³/mol.